The van der Waals surface area contributed by atoms with Crippen LogP contribution in [-0.4, -0.2) is 12.2 Å². The maximum Gasteiger partial charge on any atom is 0.504 e. The highest BCUT2D eigenvalue weighted by Gasteiger charge is 2.06. The van der Waals surface area contributed by atoms with E-state index in [0.717, 1.165) is 0 Å². The fourth-order valence-electron chi connectivity index (χ4n) is 0.707. The molecule has 12 heavy (non-hydrogen) atoms. The zero-order chi connectivity index (χ0) is 8.81. The number of hydrogen-bond acceptors (Lipinski definition) is 4. The molecule has 56 valence electrons. The van der Waals surface area contributed by atoms with Crippen molar-refractivity contribution >= 4 is 23.5 Å². The molecule has 4 nitrogen and oxygen atoms in total. The lowest BCUT2D eigenvalue weighted by atomic mass is 10.3. The van der Waals surface area contributed by atoms with E-state index in [0.29, 0.717) is 11.4 Å². The number of carbonyl (C=O) groups excluding carboxylic acids is 2. The fourth-order valence-corrected chi connectivity index (χ4v) is 0.707. The number of rotatable bonds is 2. The Kier molecular flexibility index (Phi) is 2.68. The lowest BCUT2D eigenvalue weighted by molar-refractivity contribution is 0.562. The molecule has 0 fully saturated rings. The van der Waals surface area contributed by atoms with Crippen molar-refractivity contribution in [3.05, 3.63) is 24.3 Å². The van der Waals surface area contributed by atoms with Crippen LogP contribution < -0.4 is 9.98 Å². The highest BCUT2D eigenvalue weighted by molar-refractivity contribution is 5.52. The second-order valence-corrected chi connectivity index (χ2v) is 1.92. The van der Waals surface area contributed by atoms with Crippen LogP contribution in [0.4, 0.5) is 11.4 Å². The number of nitrogens with zero attached hydrogens (tertiary/aromatic N) is 2. The standard InChI is InChI=1S/C8H4N2O2/c11-5-9-7-1-2-8(4-3-7)10-6-12/h1-4H/q+2. The molecule has 0 heterocycles. The first-order valence-electron chi connectivity index (χ1n) is 3.12. The summed E-state index contributed by atoms with van der Waals surface area (Å²) in [5.74, 6) is 0. The van der Waals surface area contributed by atoms with Crippen LogP contribution in [0.1, 0.15) is 0 Å². The largest absolute Gasteiger partial charge is 0.504 e. The molecule has 0 aliphatic heterocycles. The van der Waals surface area contributed by atoms with Crippen LogP contribution in [0.5, 0.6) is 0 Å². The molecule has 0 saturated heterocycles. The predicted molar refractivity (Wildman–Crippen MR) is 41.4 cm³/mol. The monoisotopic (exact) mass is 160 g/mol. The minimum Gasteiger partial charge on any atom is -0.154 e. The van der Waals surface area contributed by atoms with Gasteiger partial charge in [0.2, 0.25) is 0 Å². The summed E-state index contributed by atoms with van der Waals surface area (Å²) in [6, 6.07) is 6.23. The van der Waals surface area contributed by atoms with Gasteiger partial charge in [0.1, 0.15) is 0 Å². The third-order valence-electron chi connectivity index (χ3n) is 1.20. The van der Waals surface area contributed by atoms with Crippen LogP contribution in [0.2, 0.25) is 0 Å². The minimum absolute atomic E-state index is 0.481. The van der Waals surface area contributed by atoms with E-state index >= 15 is 0 Å². The predicted octanol–water partition coefficient (Wildman–Crippen LogP) is 0.293. The van der Waals surface area contributed by atoms with Gasteiger partial charge in [-0.25, -0.2) is 0 Å². The van der Waals surface area contributed by atoms with E-state index in [1.807, 2.05) is 0 Å². The smallest absolute Gasteiger partial charge is 0.154 e. The topological polar surface area (TPSA) is 62.3 Å². The number of isocyanates is 2. The second kappa shape index (κ2) is 3.98. The Hall–Kier alpha value is -2.02. The van der Waals surface area contributed by atoms with E-state index in [2.05, 4.69) is 9.98 Å². The average Bonchev–Trinajstić information content (AvgIpc) is 2.09. The van der Waals surface area contributed by atoms with Crippen LogP contribution >= 0.6 is 0 Å². The minimum atomic E-state index is 0.481. The van der Waals surface area contributed by atoms with E-state index in [4.69, 9.17) is 0 Å². The van der Waals surface area contributed by atoms with Crippen molar-refractivity contribution in [3.63, 3.8) is 0 Å². The van der Waals surface area contributed by atoms with E-state index in [9.17, 15) is 9.59 Å². The van der Waals surface area contributed by atoms with Crippen molar-refractivity contribution in [2.24, 2.45) is 0 Å². The summed E-state index contributed by atoms with van der Waals surface area (Å²) >= 11 is 0. The van der Waals surface area contributed by atoms with Gasteiger partial charge in [-0.15, -0.1) is 0 Å². The molecule has 0 aliphatic carbocycles. The maximum absolute atomic E-state index is 9.81. The molecule has 0 spiro atoms. The molecule has 0 aliphatic rings. The van der Waals surface area contributed by atoms with Crippen molar-refractivity contribution in [2.45, 2.75) is 0 Å². The van der Waals surface area contributed by atoms with Gasteiger partial charge in [0.05, 0.1) is 0 Å². The van der Waals surface area contributed by atoms with Crippen LogP contribution in [0.3, 0.4) is 0 Å². The summed E-state index contributed by atoms with van der Waals surface area (Å²) < 4.78 is 0. The van der Waals surface area contributed by atoms with Crippen LogP contribution in [0.15, 0.2) is 24.3 Å². The molecule has 0 saturated carbocycles. The zero-order valence-electron chi connectivity index (χ0n) is 6.02. The molecular formula is C8H4N2O2+2. The average molecular weight is 160 g/mol. The van der Waals surface area contributed by atoms with Crippen LogP contribution in [-0.2, 0) is 9.59 Å². The van der Waals surface area contributed by atoms with Crippen molar-refractivity contribution < 1.29 is 9.59 Å². The third-order valence-corrected chi connectivity index (χ3v) is 1.20. The Morgan fingerprint density at radius 3 is 1.42 bits per heavy atom. The molecule has 0 aromatic heterocycles. The Labute approximate surface area is 68.3 Å². The van der Waals surface area contributed by atoms with E-state index < -0.39 is 0 Å². The summed E-state index contributed by atoms with van der Waals surface area (Å²) in [6.07, 6.45) is 2.80. The molecule has 1 aromatic carbocycles. The van der Waals surface area contributed by atoms with Gasteiger partial charge in [0, 0.05) is 24.3 Å². The molecule has 1 rings (SSSR count). The number of hydrogen-bond donors (Lipinski definition) is 0. The molecular weight excluding hydrogens is 156 g/mol. The molecule has 0 atom stereocenters. The van der Waals surface area contributed by atoms with Gasteiger partial charge in [-0.2, -0.15) is 9.59 Å². The summed E-state index contributed by atoms with van der Waals surface area (Å²) in [4.78, 5) is 26.3. The Bertz CT molecular complexity index is 320. The van der Waals surface area contributed by atoms with Crippen LogP contribution in [0, 0.1) is 0 Å². The van der Waals surface area contributed by atoms with Gasteiger partial charge in [-0.05, 0) is 0 Å². The molecule has 1 aromatic rings. The van der Waals surface area contributed by atoms with E-state index in [1.165, 1.54) is 12.2 Å². The molecule has 0 unspecified atom stereocenters. The van der Waals surface area contributed by atoms with E-state index in [1.54, 1.807) is 24.3 Å². The lowest BCUT2D eigenvalue weighted by Crippen LogP contribution is -1.80. The number of aliphatic imine (C=N–C) groups is 2. The quantitative estimate of drug-likeness (QED) is 0.461. The Balaban J connectivity index is 2.99. The SMILES string of the molecule is O=C=[N+]c1ccc([N+]=C=O)cc1. The van der Waals surface area contributed by atoms with Gasteiger partial charge >= 0.3 is 12.2 Å². The Morgan fingerprint density at radius 2 is 1.17 bits per heavy atom. The third kappa shape index (κ3) is 1.99. The fraction of sp³-hybridized carbons (Fsp3) is 0. The van der Waals surface area contributed by atoms with Gasteiger partial charge in [0.25, 0.3) is 11.4 Å². The van der Waals surface area contributed by atoms with Gasteiger partial charge in [0.15, 0.2) is 9.98 Å². The van der Waals surface area contributed by atoms with Crippen molar-refractivity contribution in [3.8, 4) is 0 Å². The summed E-state index contributed by atoms with van der Waals surface area (Å²) in [6.45, 7) is 0. The Morgan fingerprint density at radius 1 is 0.833 bits per heavy atom. The van der Waals surface area contributed by atoms with Crippen molar-refractivity contribution in [1.82, 2.24) is 9.98 Å². The first-order valence-corrected chi connectivity index (χ1v) is 3.12. The summed E-state index contributed by atoms with van der Waals surface area (Å²) in [5.41, 5.74) is 0.963. The first kappa shape index (κ1) is 8.08. The van der Waals surface area contributed by atoms with Gasteiger partial charge < -0.3 is 0 Å². The number of benzene rings is 1. The maximum atomic E-state index is 9.81. The van der Waals surface area contributed by atoms with Gasteiger partial charge in [-0.3, -0.25) is 0 Å². The summed E-state index contributed by atoms with van der Waals surface area (Å²) in [5, 5.41) is 0. The summed E-state index contributed by atoms with van der Waals surface area (Å²) in [7, 11) is 0. The molecule has 2 radical (unpaired) electrons. The van der Waals surface area contributed by atoms with E-state index in [-0.39, 0.29) is 0 Å². The first-order chi connectivity index (χ1) is 5.86. The normalized spacial score (nSPS) is 8.00. The van der Waals surface area contributed by atoms with Crippen molar-refractivity contribution in [1.29, 1.82) is 0 Å². The van der Waals surface area contributed by atoms with Gasteiger partial charge in [-0.1, -0.05) is 0 Å². The van der Waals surface area contributed by atoms with Crippen molar-refractivity contribution in [2.75, 3.05) is 0 Å². The molecule has 0 N–H and O–H groups in total. The molecule has 4 heteroatoms. The zero-order valence-corrected chi connectivity index (χ0v) is 6.02. The highest BCUT2D eigenvalue weighted by Crippen LogP contribution is 2.09. The second-order valence-electron chi connectivity index (χ2n) is 1.92. The molecule has 0 amide bonds. The highest BCUT2D eigenvalue weighted by atomic mass is 16.1. The lowest BCUT2D eigenvalue weighted by Gasteiger charge is -1.73. The van der Waals surface area contributed by atoms with Crippen LogP contribution in [0.25, 0.3) is 0 Å². The molecule has 0 bridgehead atoms.